The lowest BCUT2D eigenvalue weighted by atomic mass is 9.93. The van der Waals surface area contributed by atoms with Gasteiger partial charge in [0.1, 0.15) is 0 Å². The van der Waals surface area contributed by atoms with Gasteiger partial charge in [-0.15, -0.1) is 0 Å². The Labute approximate surface area is 115 Å². The average Bonchev–Trinajstić information content (AvgIpc) is 2.40. The van der Waals surface area contributed by atoms with Crippen molar-refractivity contribution < 1.29 is 0 Å². The van der Waals surface area contributed by atoms with Gasteiger partial charge in [-0.3, -0.25) is 0 Å². The molecule has 0 aromatic rings. The van der Waals surface area contributed by atoms with Crippen LogP contribution >= 0.6 is 0 Å². The van der Waals surface area contributed by atoms with E-state index in [1.807, 2.05) is 0 Å². The summed E-state index contributed by atoms with van der Waals surface area (Å²) >= 11 is 0. The van der Waals surface area contributed by atoms with E-state index in [0.29, 0.717) is 0 Å². The van der Waals surface area contributed by atoms with Gasteiger partial charge in [0.05, 0.1) is 0 Å². The maximum Gasteiger partial charge on any atom is -0.00191 e. The smallest absolute Gasteiger partial charge is 0.00191 e. The normalized spacial score (nSPS) is 20.2. The van der Waals surface area contributed by atoms with Crippen molar-refractivity contribution in [2.24, 2.45) is 11.8 Å². The maximum absolute atomic E-state index is 3.69. The molecule has 0 aromatic carbocycles. The molecule has 0 aromatic heterocycles. The lowest BCUT2D eigenvalue weighted by Gasteiger charge is -2.29. The number of likely N-dealkylation sites (tertiary alicyclic amines) is 1. The molecule has 1 saturated heterocycles. The van der Waals surface area contributed by atoms with Gasteiger partial charge in [-0.25, -0.2) is 0 Å². The highest BCUT2D eigenvalue weighted by Crippen LogP contribution is 2.19. The van der Waals surface area contributed by atoms with Gasteiger partial charge in [0.2, 0.25) is 0 Å². The molecule has 1 N–H and O–H groups in total. The van der Waals surface area contributed by atoms with Gasteiger partial charge < -0.3 is 10.2 Å². The van der Waals surface area contributed by atoms with Crippen LogP contribution < -0.4 is 5.32 Å². The van der Waals surface area contributed by atoms with Gasteiger partial charge in [-0.1, -0.05) is 33.1 Å². The molecule has 0 amide bonds. The number of hydrogen-bond acceptors (Lipinski definition) is 2. The lowest BCUT2D eigenvalue weighted by Crippen LogP contribution is -2.32. The fourth-order valence-electron chi connectivity index (χ4n) is 2.91. The number of nitrogens with one attached hydrogen (secondary N) is 1. The zero-order valence-corrected chi connectivity index (χ0v) is 12.9. The van der Waals surface area contributed by atoms with Crippen molar-refractivity contribution in [2.45, 2.75) is 58.8 Å². The standard InChI is InChI=1S/C16H34N2/c1-4-6-7-15(5-2)14-17-11-8-16-9-12-18(3)13-10-16/h15-17H,4-14H2,1-3H3. The van der Waals surface area contributed by atoms with E-state index in [-0.39, 0.29) is 0 Å². The third-order valence-corrected chi connectivity index (χ3v) is 4.54. The summed E-state index contributed by atoms with van der Waals surface area (Å²) in [7, 11) is 2.24. The zero-order chi connectivity index (χ0) is 13.2. The number of hydrogen-bond donors (Lipinski definition) is 1. The third kappa shape index (κ3) is 6.75. The largest absolute Gasteiger partial charge is 0.316 e. The van der Waals surface area contributed by atoms with Crippen LogP contribution in [0.25, 0.3) is 0 Å². The van der Waals surface area contributed by atoms with E-state index in [1.165, 1.54) is 71.1 Å². The Kier molecular flexibility index (Phi) is 8.70. The van der Waals surface area contributed by atoms with Gasteiger partial charge >= 0.3 is 0 Å². The zero-order valence-electron chi connectivity index (χ0n) is 12.9. The monoisotopic (exact) mass is 254 g/mol. The van der Waals surface area contributed by atoms with Crippen molar-refractivity contribution in [1.82, 2.24) is 10.2 Å². The SMILES string of the molecule is CCCCC(CC)CNCCC1CCN(C)CC1. The molecule has 1 fully saturated rings. The van der Waals surface area contributed by atoms with Gasteiger partial charge in [-0.2, -0.15) is 0 Å². The minimum Gasteiger partial charge on any atom is -0.316 e. The first kappa shape index (κ1) is 16.0. The van der Waals surface area contributed by atoms with Crippen molar-refractivity contribution in [2.75, 3.05) is 33.2 Å². The summed E-state index contributed by atoms with van der Waals surface area (Å²) in [4.78, 5) is 2.46. The summed E-state index contributed by atoms with van der Waals surface area (Å²) in [6.07, 6.45) is 9.69. The first-order chi connectivity index (χ1) is 8.76. The van der Waals surface area contributed by atoms with E-state index in [1.54, 1.807) is 0 Å². The predicted octanol–water partition coefficient (Wildman–Crippen LogP) is 3.52. The van der Waals surface area contributed by atoms with Crippen LogP contribution in [0.1, 0.15) is 58.8 Å². The first-order valence-corrected chi connectivity index (χ1v) is 8.15. The molecule has 1 atom stereocenters. The predicted molar refractivity (Wildman–Crippen MR) is 81.0 cm³/mol. The lowest BCUT2D eigenvalue weighted by molar-refractivity contribution is 0.211. The van der Waals surface area contributed by atoms with E-state index in [0.717, 1.165) is 11.8 Å². The van der Waals surface area contributed by atoms with Crippen LogP contribution in [0.2, 0.25) is 0 Å². The van der Waals surface area contributed by atoms with Crippen molar-refractivity contribution in [3.63, 3.8) is 0 Å². The van der Waals surface area contributed by atoms with Gasteiger partial charge in [0, 0.05) is 0 Å². The second-order valence-corrected chi connectivity index (χ2v) is 6.16. The Hall–Kier alpha value is -0.0800. The Morgan fingerprint density at radius 3 is 2.56 bits per heavy atom. The molecule has 0 aliphatic carbocycles. The highest BCUT2D eigenvalue weighted by atomic mass is 15.1. The van der Waals surface area contributed by atoms with Crippen LogP contribution in [-0.4, -0.2) is 38.1 Å². The summed E-state index contributed by atoms with van der Waals surface area (Å²) in [5.74, 6) is 1.88. The van der Waals surface area contributed by atoms with E-state index in [2.05, 4.69) is 31.1 Å². The van der Waals surface area contributed by atoms with Crippen LogP contribution in [0.5, 0.6) is 0 Å². The maximum atomic E-state index is 3.69. The van der Waals surface area contributed by atoms with Gasteiger partial charge in [0.15, 0.2) is 0 Å². The molecule has 1 unspecified atom stereocenters. The van der Waals surface area contributed by atoms with Crippen molar-refractivity contribution in [1.29, 1.82) is 0 Å². The van der Waals surface area contributed by atoms with Crippen LogP contribution in [0.4, 0.5) is 0 Å². The topological polar surface area (TPSA) is 15.3 Å². The Morgan fingerprint density at radius 2 is 1.94 bits per heavy atom. The second kappa shape index (κ2) is 9.80. The minimum absolute atomic E-state index is 0.905. The highest BCUT2D eigenvalue weighted by Gasteiger charge is 2.16. The molecular formula is C16H34N2. The first-order valence-electron chi connectivity index (χ1n) is 8.15. The summed E-state index contributed by atoms with van der Waals surface area (Å²) in [5.41, 5.74) is 0. The fourth-order valence-corrected chi connectivity index (χ4v) is 2.91. The molecule has 1 aliphatic heterocycles. The molecule has 0 spiro atoms. The summed E-state index contributed by atoms with van der Waals surface area (Å²) in [6, 6.07) is 0. The molecule has 0 saturated carbocycles. The molecule has 1 heterocycles. The van der Waals surface area contributed by atoms with Crippen LogP contribution in [0.3, 0.4) is 0 Å². The molecule has 108 valence electrons. The second-order valence-electron chi connectivity index (χ2n) is 6.16. The molecular weight excluding hydrogens is 220 g/mol. The van der Waals surface area contributed by atoms with Crippen LogP contribution in [0.15, 0.2) is 0 Å². The van der Waals surface area contributed by atoms with Gasteiger partial charge in [0.25, 0.3) is 0 Å². The Morgan fingerprint density at radius 1 is 1.22 bits per heavy atom. The van der Waals surface area contributed by atoms with Crippen LogP contribution in [-0.2, 0) is 0 Å². The summed E-state index contributed by atoms with van der Waals surface area (Å²) in [5, 5.41) is 3.69. The quantitative estimate of drug-likeness (QED) is 0.633. The summed E-state index contributed by atoms with van der Waals surface area (Å²) < 4.78 is 0. The number of rotatable bonds is 9. The van der Waals surface area contributed by atoms with E-state index in [9.17, 15) is 0 Å². The molecule has 1 rings (SSSR count). The van der Waals surface area contributed by atoms with Crippen molar-refractivity contribution in [3.8, 4) is 0 Å². The van der Waals surface area contributed by atoms with E-state index < -0.39 is 0 Å². The minimum atomic E-state index is 0.905. The van der Waals surface area contributed by atoms with Crippen LogP contribution in [0, 0.1) is 11.8 Å². The van der Waals surface area contributed by atoms with Gasteiger partial charge in [-0.05, 0) is 70.7 Å². The molecule has 0 radical (unpaired) electrons. The Bertz CT molecular complexity index is 179. The molecule has 1 aliphatic rings. The number of unbranched alkanes of at least 4 members (excludes halogenated alkanes) is 1. The third-order valence-electron chi connectivity index (χ3n) is 4.54. The fraction of sp³-hybridized carbons (Fsp3) is 1.00. The van der Waals surface area contributed by atoms with E-state index in [4.69, 9.17) is 0 Å². The Balaban J connectivity index is 1.99. The molecule has 2 nitrogen and oxygen atoms in total. The molecule has 0 bridgehead atoms. The number of piperidine rings is 1. The highest BCUT2D eigenvalue weighted by molar-refractivity contribution is 4.71. The summed E-state index contributed by atoms with van der Waals surface area (Å²) in [6.45, 7) is 9.71. The molecule has 2 heteroatoms. The average molecular weight is 254 g/mol. The molecule has 18 heavy (non-hydrogen) atoms. The van der Waals surface area contributed by atoms with Crippen molar-refractivity contribution >= 4 is 0 Å². The van der Waals surface area contributed by atoms with E-state index >= 15 is 0 Å². The number of nitrogens with zero attached hydrogens (tertiary/aromatic N) is 1. The van der Waals surface area contributed by atoms with Crippen molar-refractivity contribution in [3.05, 3.63) is 0 Å².